The molecule has 0 amide bonds. The molecule has 0 atom stereocenters. The molecule has 114 valence electrons. The van der Waals surface area contributed by atoms with Gasteiger partial charge in [-0.25, -0.2) is 17.8 Å². The van der Waals surface area contributed by atoms with Crippen LogP contribution in [-0.4, -0.2) is 20.4 Å². The molecule has 0 radical (unpaired) electrons. The number of aryl methyl sites for hydroxylation is 2. The van der Waals surface area contributed by atoms with Crippen molar-refractivity contribution in [2.24, 2.45) is 0 Å². The van der Waals surface area contributed by atoms with Gasteiger partial charge in [0, 0.05) is 11.4 Å². The van der Waals surface area contributed by atoms with Crippen LogP contribution in [0, 0.1) is 19.7 Å². The van der Waals surface area contributed by atoms with E-state index in [0.29, 0.717) is 12.1 Å². The first kappa shape index (κ1) is 15.9. The summed E-state index contributed by atoms with van der Waals surface area (Å²) in [6.45, 7) is 4.10. The van der Waals surface area contributed by atoms with E-state index in [1.54, 1.807) is 20.0 Å². The summed E-state index contributed by atoms with van der Waals surface area (Å²) >= 11 is 1.22. The van der Waals surface area contributed by atoms with Gasteiger partial charge in [0.1, 0.15) is 10.7 Å². The van der Waals surface area contributed by atoms with E-state index < -0.39 is 15.8 Å². The molecule has 0 spiro atoms. The highest BCUT2D eigenvalue weighted by Gasteiger charge is 2.21. The highest BCUT2D eigenvalue weighted by molar-refractivity contribution is 7.93. The van der Waals surface area contributed by atoms with Crippen molar-refractivity contribution >= 4 is 26.5 Å². The Kier molecular flexibility index (Phi) is 4.60. The first-order valence-corrected chi connectivity index (χ1v) is 8.53. The second kappa shape index (κ2) is 6.08. The van der Waals surface area contributed by atoms with E-state index in [2.05, 4.69) is 15.0 Å². The Hall–Kier alpha value is -1.51. The van der Waals surface area contributed by atoms with Gasteiger partial charge in [-0.2, -0.15) is 0 Å². The molecular weight excluding hydrogens is 313 g/mol. The van der Waals surface area contributed by atoms with E-state index in [-0.39, 0.29) is 10.0 Å². The summed E-state index contributed by atoms with van der Waals surface area (Å²) in [7, 11) is -2.24. The highest BCUT2D eigenvalue weighted by Crippen LogP contribution is 2.25. The number of thiazole rings is 1. The monoisotopic (exact) mass is 329 g/mol. The van der Waals surface area contributed by atoms with Crippen molar-refractivity contribution < 1.29 is 12.8 Å². The lowest BCUT2D eigenvalue weighted by atomic mass is 10.2. The molecule has 0 aliphatic carbocycles. The average Bonchev–Trinajstić information content (AvgIpc) is 2.67. The van der Waals surface area contributed by atoms with Crippen molar-refractivity contribution in [1.29, 1.82) is 0 Å². The van der Waals surface area contributed by atoms with E-state index >= 15 is 0 Å². The summed E-state index contributed by atoms with van der Waals surface area (Å²) in [6, 6.07) is 4.05. The van der Waals surface area contributed by atoms with Crippen molar-refractivity contribution in [3.8, 4) is 0 Å². The maximum absolute atomic E-state index is 14.0. The van der Waals surface area contributed by atoms with Gasteiger partial charge in [-0.15, -0.1) is 11.3 Å². The Bertz CT molecular complexity index is 737. The van der Waals surface area contributed by atoms with Gasteiger partial charge in [-0.05, 0) is 38.6 Å². The lowest BCUT2D eigenvalue weighted by Gasteiger charge is -2.08. The Morgan fingerprint density at radius 2 is 2.05 bits per heavy atom. The minimum Gasteiger partial charge on any atom is -0.316 e. The molecule has 1 aromatic heterocycles. The maximum atomic E-state index is 14.0. The van der Waals surface area contributed by atoms with Crippen LogP contribution in [-0.2, 0) is 16.6 Å². The van der Waals surface area contributed by atoms with E-state index in [1.807, 2.05) is 6.92 Å². The van der Waals surface area contributed by atoms with E-state index in [1.165, 1.54) is 23.5 Å². The molecule has 0 aliphatic heterocycles. The van der Waals surface area contributed by atoms with E-state index in [0.717, 1.165) is 10.6 Å². The summed E-state index contributed by atoms with van der Waals surface area (Å²) < 4.78 is 40.7. The summed E-state index contributed by atoms with van der Waals surface area (Å²) in [6.07, 6.45) is 0. The molecule has 1 aromatic carbocycles. The molecule has 0 bridgehead atoms. The lowest BCUT2D eigenvalue weighted by Crippen LogP contribution is -2.15. The van der Waals surface area contributed by atoms with Crippen LogP contribution < -0.4 is 10.0 Å². The second-order valence-corrected chi connectivity index (χ2v) is 7.42. The molecule has 8 heteroatoms. The van der Waals surface area contributed by atoms with E-state index in [4.69, 9.17) is 0 Å². The minimum absolute atomic E-state index is 0.240. The molecule has 0 saturated carbocycles. The number of halogens is 1. The van der Waals surface area contributed by atoms with Crippen molar-refractivity contribution in [2.45, 2.75) is 25.3 Å². The molecule has 2 rings (SSSR count). The third-order valence-corrected chi connectivity index (χ3v) is 5.41. The van der Waals surface area contributed by atoms with Gasteiger partial charge in [0.05, 0.1) is 5.69 Å². The summed E-state index contributed by atoms with van der Waals surface area (Å²) in [5.74, 6) is -0.778. The number of hydrogen-bond acceptors (Lipinski definition) is 5. The predicted octanol–water partition coefficient (Wildman–Crippen LogP) is 2.42. The van der Waals surface area contributed by atoms with Gasteiger partial charge in [0.15, 0.2) is 5.13 Å². The van der Waals surface area contributed by atoms with Gasteiger partial charge >= 0.3 is 0 Å². The Morgan fingerprint density at radius 1 is 1.33 bits per heavy atom. The van der Waals surface area contributed by atoms with Crippen LogP contribution in [0.3, 0.4) is 0 Å². The zero-order valence-electron chi connectivity index (χ0n) is 11.9. The number of sulfonamides is 1. The van der Waals surface area contributed by atoms with Crippen LogP contribution in [0.4, 0.5) is 9.52 Å². The molecule has 0 saturated heterocycles. The Balaban J connectivity index is 2.31. The van der Waals surface area contributed by atoms with Crippen LogP contribution in [0.2, 0.25) is 0 Å². The highest BCUT2D eigenvalue weighted by atomic mass is 32.2. The predicted molar refractivity (Wildman–Crippen MR) is 81.6 cm³/mol. The normalized spacial score (nSPS) is 11.6. The van der Waals surface area contributed by atoms with Crippen molar-refractivity contribution in [3.05, 3.63) is 40.2 Å². The largest absolute Gasteiger partial charge is 0.316 e. The van der Waals surface area contributed by atoms with Crippen molar-refractivity contribution in [1.82, 2.24) is 10.3 Å². The van der Waals surface area contributed by atoms with Gasteiger partial charge in [-0.1, -0.05) is 6.07 Å². The number of anilines is 1. The number of aromatic nitrogens is 1. The topological polar surface area (TPSA) is 71.1 Å². The van der Waals surface area contributed by atoms with Gasteiger partial charge in [-0.3, -0.25) is 4.72 Å². The van der Waals surface area contributed by atoms with Gasteiger partial charge < -0.3 is 5.32 Å². The summed E-state index contributed by atoms with van der Waals surface area (Å²) in [5, 5.41) is 3.12. The third kappa shape index (κ3) is 3.58. The third-order valence-electron chi connectivity index (χ3n) is 2.92. The fourth-order valence-corrected chi connectivity index (χ4v) is 3.87. The number of rotatable bonds is 5. The average molecular weight is 329 g/mol. The van der Waals surface area contributed by atoms with Crippen LogP contribution in [0.1, 0.15) is 16.1 Å². The first-order chi connectivity index (χ1) is 9.83. The zero-order chi connectivity index (χ0) is 15.6. The van der Waals surface area contributed by atoms with Crippen LogP contribution in [0.5, 0.6) is 0 Å². The zero-order valence-corrected chi connectivity index (χ0v) is 13.5. The van der Waals surface area contributed by atoms with Crippen LogP contribution >= 0.6 is 11.3 Å². The van der Waals surface area contributed by atoms with E-state index in [9.17, 15) is 12.8 Å². The summed E-state index contributed by atoms with van der Waals surface area (Å²) in [5.41, 5.74) is 1.43. The van der Waals surface area contributed by atoms with Crippen LogP contribution in [0.15, 0.2) is 23.1 Å². The Morgan fingerprint density at radius 3 is 2.57 bits per heavy atom. The fourth-order valence-electron chi connectivity index (χ4n) is 1.76. The maximum Gasteiger partial charge on any atom is 0.266 e. The van der Waals surface area contributed by atoms with Crippen molar-refractivity contribution in [2.75, 3.05) is 11.8 Å². The molecule has 0 aliphatic rings. The number of benzene rings is 1. The molecular formula is C13H16FN3O2S2. The molecule has 1 heterocycles. The smallest absolute Gasteiger partial charge is 0.266 e. The molecule has 2 aromatic rings. The lowest BCUT2D eigenvalue weighted by molar-refractivity contribution is 0.568. The molecule has 0 fully saturated rings. The molecule has 21 heavy (non-hydrogen) atoms. The molecule has 2 N–H and O–H groups in total. The Labute approximate surface area is 127 Å². The quantitative estimate of drug-likeness (QED) is 0.884. The summed E-state index contributed by atoms with van der Waals surface area (Å²) in [4.78, 5) is 4.63. The second-order valence-electron chi connectivity index (χ2n) is 4.56. The van der Waals surface area contributed by atoms with Gasteiger partial charge in [0.25, 0.3) is 10.0 Å². The fraction of sp³-hybridized carbons (Fsp3) is 0.308. The molecule has 5 nitrogen and oxygen atoms in total. The number of nitrogens with zero attached hydrogens (tertiary/aromatic N) is 1. The first-order valence-electron chi connectivity index (χ1n) is 6.23. The number of nitrogens with one attached hydrogen (secondary N) is 2. The van der Waals surface area contributed by atoms with Crippen molar-refractivity contribution in [3.63, 3.8) is 0 Å². The van der Waals surface area contributed by atoms with Gasteiger partial charge in [0.2, 0.25) is 0 Å². The molecule has 0 unspecified atom stereocenters. The SMILES string of the molecule is CNCc1ccc(S(=O)(=O)Nc2nc(C)c(C)s2)c(F)c1. The number of hydrogen-bond donors (Lipinski definition) is 2. The van der Waals surface area contributed by atoms with Crippen LogP contribution in [0.25, 0.3) is 0 Å². The minimum atomic E-state index is -3.98. The standard InChI is InChI=1S/C13H16FN3O2S2/c1-8-9(2)20-13(16-8)17-21(18,19)12-5-4-10(7-15-3)6-11(12)14/h4-6,15H,7H2,1-3H3,(H,16,17).